The smallest absolute Gasteiger partial charge is 0.179 e. The molecule has 0 saturated carbocycles. The minimum atomic E-state index is -2.73. The zero-order valence-electron chi connectivity index (χ0n) is 34.0. The molecule has 0 atom stereocenters. The molecule has 0 bridgehead atoms. The Morgan fingerprint density at radius 3 is 1.44 bits per heavy atom. The highest BCUT2D eigenvalue weighted by molar-refractivity contribution is 7.19. The van der Waals surface area contributed by atoms with Crippen molar-refractivity contribution in [2.24, 2.45) is 0 Å². The third-order valence-electron chi connectivity index (χ3n) is 12.3. The fourth-order valence-corrected chi connectivity index (χ4v) is 14.3. The van der Waals surface area contributed by atoms with Crippen LogP contribution < -0.4 is 20.7 Å². The van der Waals surface area contributed by atoms with Crippen LogP contribution in [0.4, 0.5) is 0 Å². The number of hydrogen-bond donors (Lipinski definition) is 0. The van der Waals surface area contributed by atoms with Gasteiger partial charge in [0.15, 0.2) is 31.1 Å². The molecule has 4 heterocycles. The number of nitrogens with zero attached hydrogens (tertiary/aromatic N) is 5. The molecular weight excluding hydrogens is 787 g/mol. The van der Waals surface area contributed by atoms with Gasteiger partial charge in [-0.3, -0.25) is 4.98 Å². The van der Waals surface area contributed by atoms with Crippen molar-refractivity contribution in [1.29, 1.82) is 0 Å². The van der Waals surface area contributed by atoms with E-state index in [0.29, 0.717) is 23.1 Å². The molecule has 0 aliphatic carbocycles. The van der Waals surface area contributed by atoms with Gasteiger partial charge in [0.25, 0.3) is 0 Å². The lowest BCUT2D eigenvalue weighted by Crippen LogP contribution is -2.74. The van der Waals surface area contributed by atoms with Crippen molar-refractivity contribution in [3.05, 3.63) is 225 Å². The molecule has 0 amide bonds. The van der Waals surface area contributed by atoms with Gasteiger partial charge in [-0.05, 0) is 69.3 Å². The predicted octanol–water partition coefficient (Wildman–Crippen LogP) is 10.6. The van der Waals surface area contributed by atoms with Gasteiger partial charge in [0, 0.05) is 50.1 Å². The van der Waals surface area contributed by atoms with E-state index < -0.39 is 8.07 Å². The van der Waals surface area contributed by atoms with E-state index in [1.54, 1.807) is 12.4 Å². The van der Waals surface area contributed by atoms with Gasteiger partial charge in [0.2, 0.25) is 0 Å². The Morgan fingerprint density at radius 2 is 0.873 bits per heavy atom. The van der Waals surface area contributed by atoms with E-state index in [0.717, 1.165) is 49.8 Å². The molecule has 8 aromatic carbocycles. The number of furan rings is 1. The molecule has 296 valence electrons. The van der Waals surface area contributed by atoms with Crippen molar-refractivity contribution in [3.63, 3.8) is 0 Å². The van der Waals surface area contributed by atoms with Crippen LogP contribution in [0, 0.1) is 0 Å². The molecule has 0 aliphatic rings. The molecule has 0 unspecified atom stereocenters. The first kappa shape index (κ1) is 36.6. The van der Waals surface area contributed by atoms with Crippen LogP contribution >= 0.6 is 0 Å². The molecule has 7 heteroatoms. The maximum atomic E-state index is 6.28. The quantitative estimate of drug-likeness (QED) is 0.113. The maximum Gasteiger partial charge on any atom is 0.179 e. The number of rotatable bonds is 8. The second-order valence-electron chi connectivity index (χ2n) is 15.8. The first-order chi connectivity index (χ1) is 31.2. The van der Waals surface area contributed by atoms with Crippen LogP contribution in [-0.2, 0) is 0 Å². The summed E-state index contributed by atoms with van der Waals surface area (Å²) in [7, 11) is -2.73. The van der Waals surface area contributed by atoms with Crippen LogP contribution in [-0.4, -0.2) is 32.6 Å². The summed E-state index contributed by atoms with van der Waals surface area (Å²) in [6, 6.07) is 75.6. The highest BCUT2D eigenvalue weighted by Gasteiger charge is 2.41. The van der Waals surface area contributed by atoms with Crippen molar-refractivity contribution >= 4 is 72.6 Å². The van der Waals surface area contributed by atoms with Gasteiger partial charge in [0.05, 0.1) is 17.2 Å². The monoisotopic (exact) mass is 823 g/mol. The highest BCUT2D eigenvalue weighted by atomic mass is 28.3. The van der Waals surface area contributed by atoms with Crippen LogP contribution in [0.25, 0.3) is 83.6 Å². The van der Waals surface area contributed by atoms with Gasteiger partial charge in [-0.1, -0.05) is 164 Å². The first-order valence-electron chi connectivity index (χ1n) is 21.1. The van der Waals surface area contributed by atoms with Crippen molar-refractivity contribution < 1.29 is 4.42 Å². The molecule has 12 rings (SSSR count). The number of hydrogen-bond acceptors (Lipinski definition) is 5. The van der Waals surface area contributed by atoms with Gasteiger partial charge in [0.1, 0.15) is 5.58 Å². The summed E-state index contributed by atoms with van der Waals surface area (Å²) in [6.07, 6.45) is 3.55. The summed E-state index contributed by atoms with van der Waals surface area (Å²) in [6.45, 7) is 0. The highest BCUT2D eigenvalue weighted by Crippen LogP contribution is 2.37. The fourth-order valence-electron chi connectivity index (χ4n) is 9.52. The fraction of sp³-hybridized carbons (Fsp3) is 0. The molecule has 12 aromatic rings. The average Bonchev–Trinajstić information content (AvgIpc) is 3.92. The Morgan fingerprint density at radius 1 is 0.381 bits per heavy atom. The first-order valence-corrected chi connectivity index (χ1v) is 23.1. The van der Waals surface area contributed by atoms with Crippen LogP contribution in [0.3, 0.4) is 0 Å². The van der Waals surface area contributed by atoms with E-state index in [1.807, 2.05) is 18.2 Å². The third kappa shape index (κ3) is 6.01. The zero-order valence-corrected chi connectivity index (χ0v) is 35.0. The van der Waals surface area contributed by atoms with Gasteiger partial charge in [-0.2, -0.15) is 0 Å². The predicted molar refractivity (Wildman–Crippen MR) is 259 cm³/mol. The van der Waals surface area contributed by atoms with Gasteiger partial charge < -0.3 is 8.98 Å². The van der Waals surface area contributed by atoms with Gasteiger partial charge >= 0.3 is 0 Å². The number of fused-ring (bicyclic) bond motifs is 6. The SMILES string of the molecule is c1ccc([Si](c2ccccc2)(c2ccccc2)c2ccc(-c3nc(-c4ccc(-n5c6ccccc6c6ccccc65)cc4)nc(-c4cccc5oc6cnccc6c45)n3)cc2)cc1. The third-order valence-corrected chi connectivity index (χ3v) is 17.1. The molecule has 4 aromatic heterocycles. The molecule has 63 heavy (non-hydrogen) atoms. The van der Waals surface area contributed by atoms with Gasteiger partial charge in [-0.15, -0.1) is 0 Å². The van der Waals surface area contributed by atoms with E-state index in [9.17, 15) is 0 Å². The van der Waals surface area contributed by atoms with E-state index in [4.69, 9.17) is 19.4 Å². The molecule has 6 nitrogen and oxygen atoms in total. The lowest BCUT2D eigenvalue weighted by Gasteiger charge is -2.34. The molecular formula is C56H37N5OSi. The van der Waals surface area contributed by atoms with E-state index in [2.05, 4.69) is 204 Å². The van der Waals surface area contributed by atoms with E-state index >= 15 is 0 Å². The van der Waals surface area contributed by atoms with E-state index in [-0.39, 0.29) is 0 Å². The normalized spacial score (nSPS) is 11.8. The number of aromatic nitrogens is 5. The van der Waals surface area contributed by atoms with Crippen molar-refractivity contribution in [2.75, 3.05) is 0 Å². The van der Waals surface area contributed by atoms with Gasteiger partial charge in [-0.25, -0.2) is 15.0 Å². The Balaban J connectivity index is 1.03. The Hall–Kier alpha value is -8.26. The van der Waals surface area contributed by atoms with Crippen LogP contribution in [0.15, 0.2) is 229 Å². The molecule has 0 N–H and O–H groups in total. The minimum absolute atomic E-state index is 0.567. The second kappa shape index (κ2) is 15.0. The molecule has 0 radical (unpaired) electrons. The van der Waals surface area contributed by atoms with E-state index in [1.165, 1.54) is 31.5 Å². The average molecular weight is 824 g/mol. The molecule has 0 spiro atoms. The zero-order chi connectivity index (χ0) is 41.7. The summed E-state index contributed by atoms with van der Waals surface area (Å²) in [5.74, 6) is 1.74. The summed E-state index contributed by atoms with van der Waals surface area (Å²) in [5, 5.41) is 9.58. The summed E-state index contributed by atoms with van der Waals surface area (Å²) in [5.41, 5.74) is 7.51. The van der Waals surface area contributed by atoms with Crippen molar-refractivity contribution in [1.82, 2.24) is 24.5 Å². The lowest BCUT2D eigenvalue weighted by molar-refractivity contribution is 0.667. The summed E-state index contributed by atoms with van der Waals surface area (Å²) >= 11 is 0. The Bertz CT molecular complexity index is 3460. The summed E-state index contributed by atoms with van der Waals surface area (Å²) in [4.78, 5) is 20.0. The van der Waals surface area contributed by atoms with Crippen LogP contribution in [0.2, 0.25) is 0 Å². The topological polar surface area (TPSA) is 69.6 Å². The summed E-state index contributed by atoms with van der Waals surface area (Å²) < 4.78 is 8.60. The largest absolute Gasteiger partial charge is 0.454 e. The number of para-hydroxylation sites is 2. The molecule has 0 aliphatic heterocycles. The molecule has 0 saturated heterocycles. The van der Waals surface area contributed by atoms with Crippen molar-refractivity contribution in [2.45, 2.75) is 0 Å². The Kier molecular flexibility index (Phi) is 8.72. The minimum Gasteiger partial charge on any atom is -0.454 e. The standard InChI is InChI=1S/C56H37N5OSi/c1-4-15-41(16-5-1)63(42-17-6-2-7-18-42,43-19-8-3-9-20-43)44-33-29-39(30-34-44)55-58-54(59-56(60-55)48-23-14-26-51-53(48)47-35-36-57-37-52(47)62-51)38-27-31-40(32-28-38)61-49-24-12-10-21-45(49)46-22-11-13-25-50(46)61/h1-37H. The lowest BCUT2D eigenvalue weighted by atomic mass is 10.1. The Labute approximate surface area is 364 Å². The second-order valence-corrected chi connectivity index (χ2v) is 19.6. The van der Waals surface area contributed by atoms with Crippen molar-refractivity contribution in [3.8, 4) is 39.9 Å². The van der Waals surface area contributed by atoms with Crippen LogP contribution in [0.1, 0.15) is 0 Å². The number of pyridine rings is 1. The number of benzene rings is 8. The van der Waals surface area contributed by atoms with Crippen LogP contribution in [0.5, 0.6) is 0 Å². The maximum absolute atomic E-state index is 6.28. The molecule has 0 fully saturated rings.